The molecule has 1 nitrogen and oxygen atoms in total. The van der Waals surface area contributed by atoms with E-state index in [9.17, 15) is 0 Å². The SMILES string of the molecule is C/C=C\C(C)=NSC. The molecule has 0 rings (SSSR count). The van der Waals surface area contributed by atoms with Crippen molar-refractivity contribution < 1.29 is 0 Å². The molecule has 0 aromatic heterocycles. The van der Waals surface area contributed by atoms with Crippen LogP contribution in [0.15, 0.2) is 16.5 Å². The molecule has 0 amide bonds. The molecule has 0 N–H and O–H groups in total. The van der Waals surface area contributed by atoms with Gasteiger partial charge in [0.25, 0.3) is 0 Å². The molecule has 0 aromatic rings. The van der Waals surface area contributed by atoms with Crippen molar-refractivity contribution in [2.24, 2.45) is 4.40 Å². The van der Waals surface area contributed by atoms with Crippen molar-refractivity contribution in [2.75, 3.05) is 6.26 Å². The van der Waals surface area contributed by atoms with Crippen LogP contribution in [-0.2, 0) is 0 Å². The Labute approximate surface area is 55.0 Å². The molecule has 0 bridgehead atoms. The molecule has 0 aromatic carbocycles. The van der Waals surface area contributed by atoms with Gasteiger partial charge in [0, 0.05) is 12.0 Å². The first-order valence-corrected chi connectivity index (χ1v) is 3.70. The van der Waals surface area contributed by atoms with Gasteiger partial charge in [-0.3, -0.25) is 0 Å². The van der Waals surface area contributed by atoms with Crippen LogP contribution in [0.2, 0.25) is 0 Å². The van der Waals surface area contributed by atoms with Crippen molar-refractivity contribution in [3.63, 3.8) is 0 Å². The summed E-state index contributed by atoms with van der Waals surface area (Å²) in [5.74, 6) is 0. The zero-order chi connectivity index (χ0) is 6.41. The molecule has 0 heterocycles. The molecule has 0 radical (unpaired) electrons. The van der Waals surface area contributed by atoms with Gasteiger partial charge in [0.05, 0.1) is 0 Å². The second kappa shape index (κ2) is 4.91. The van der Waals surface area contributed by atoms with Gasteiger partial charge in [0.15, 0.2) is 0 Å². The summed E-state index contributed by atoms with van der Waals surface area (Å²) in [7, 11) is 0. The molecule has 0 atom stereocenters. The predicted octanol–water partition coefficient (Wildman–Crippen LogP) is 2.30. The van der Waals surface area contributed by atoms with Crippen molar-refractivity contribution in [3.05, 3.63) is 12.2 Å². The lowest BCUT2D eigenvalue weighted by molar-refractivity contribution is 1.70. The first kappa shape index (κ1) is 7.76. The Hall–Kier alpha value is -0.240. The Morgan fingerprint density at radius 3 is 2.62 bits per heavy atom. The standard InChI is InChI=1S/C6H11NS/c1-4-5-6(2)7-8-3/h4-5H,1-3H3/b5-4-,7-6?. The summed E-state index contributed by atoms with van der Waals surface area (Å²) >= 11 is 1.49. The first-order chi connectivity index (χ1) is 3.81. The molecule has 0 unspecified atom stereocenters. The van der Waals surface area contributed by atoms with Gasteiger partial charge in [-0.15, -0.1) is 0 Å². The number of nitrogens with zero attached hydrogens (tertiary/aromatic N) is 1. The average Bonchev–Trinajstić information content (AvgIpc) is 1.68. The minimum absolute atomic E-state index is 1.07. The zero-order valence-corrected chi connectivity index (χ0v) is 6.33. The molecular weight excluding hydrogens is 118 g/mol. The summed E-state index contributed by atoms with van der Waals surface area (Å²) < 4.78 is 4.06. The highest BCUT2D eigenvalue weighted by Gasteiger charge is 1.76. The third kappa shape index (κ3) is 3.93. The van der Waals surface area contributed by atoms with Crippen molar-refractivity contribution >= 4 is 17.7 Å². The van der Waals surface area contributed by atoms with Crippen LogP contribution in [0.25, 0.3) is 0 Å². The normalized spacial score (nSPS) is 13.1. The largest absolute Gasteiger partial charge is 0.222 e. The Bertz CT molecular complexity index is 105. The van der Waals surface area contributed by atoms with Gasteiger partial charge in [-0.1, -0.05) is 6.08 Å². The van der Waals surface area contributed by atoms with E-state index in [4.69, 9.17) is 0 Å². The van der Waals surface area contributed by atoms with Crippen LogP contribution < -0.4 is 0 Å². The van der Waals surface area contributed by atoms with Gasteiger partial charge >= 0.3 is 0 Å². The highest BCUT2D eigenvalue weighted by molar-refractivity contribution is 7.97. The molecule has 0 saturated heterocycles. The van der Waals surface area contributed by atoms with Gasteiger partial charge in [0.2, 0.25) is 0 Å². The van der Waals surface area contributed by atoms with Gasteiger partial charge in [-0.05, 0) is 31.9 Å². The minimum atomic E-state index is 1.07. The van der Waals surface area contributed by atoms with E-state index in [0.717, 1.165) is 5.71 Å². The lowest BCUT2D eigenvalue weighted by atomic mass is 10.4. The molecule has 0 aliphatic carbocycles. The van der Waals surface area contributed by atoms with Gasteiger partial charge in [0.1, 0.15) is 0 Å². The Morgan fingerprint density at radius 1 is 1.62 bits per heavy atom. The van der Waals surface area contributed by atoms with Crippen LogP contribution in [0.4, 0.5) is 0 Å². The van der Waals surface area contributed by atoms with Gasteiger partial charge < -0.3 is 0 Å². The maximum Gasteiger partial charge on any atom is 0.0452 e. The number of allylic oxidation sites excluding steroid dienone is 2. The molecule has 0 saturated carbocycles. The van der Waals surface area contributed by atoms with Crippen molar-refractivity contribution in [3.8, 4) is 0 Å². The summed E-state index contributed by atoms with van der Waals surface area (Å²) in [5.41, 5.74) is 1.07. The summed E-state index contributed by atoms with van der Waals surface area (Å²) in [6, 6.07) is 0. The Kier molecular flexibility index (Phi) is 4.76. The molecule has 0 spiro atoms. The van der Waals surface area contributed by atoms with Gasteiger partial charge in [-0.2, -0.15) is 0 Å². The number of rotatable bonds is 2. The Morgan fingerprint density at radius 2 is 2.25 bits per heavy atom. The lowest BCUT2D eigenvalue weighted by Crippen LogP contribution is -1.78. The molecule has 2 heteroatoms. The molecule has 46 valence electrons. The van der Waals surface area contributed by atoms with Crippen LogP contribution in [0.1, 0.15) is 13.8 Å². The highest BCUT2D eigenvalue weighted by atomic mass is 32.2. The fourth-order valence-electron chi connectivity index (χ4n) is 0.416. The van der Waals surface area contributed by atoms with Crippen molar-refractivity contribution in [2.45, 2.75) is 13.8 Å². The first-order valence-electron chi connectivity index (χ1n) is 2.51. The van der Waals surface area contributed by atoms with Crippen molar-refractivity contribution in [1.29, 1.82) is 0 Å². The second-order valence-corrected chi connectivity index (χ2v) is 1.96. The lowest BCUT2D eigenvalue weighted by Gasteiger charge is -1.84. The Balaban J connectivity index is 3.61. The zero-order valence-electron chi connectivity index (χ0n) is 5.51. The molecular formula is C6H11NS. The highest BCUT2D eigenvalue weighted by Crippen LogP contribution is 1.94. The van der Waals surface area contributed by atoms with Crippen LogP contribution in [0, 0.1) is 0 Å². The van der Waals surface area contributed by atoms with Crippen LogP contribution in [-0.4, -0.2) is 12.0 Å². The summed E-state index contributed by atoms with van der Waals surface area (Å²) in [4.78, 5) is 0. The smallest absolute Gasteiger partial charge is 0.0452 e. The van der Waals surface area contributed by atoms with Crippen LogP contribution in [0.3, 0.4) is 0 Å². The number of hydrogen-bond donors (Lipinski definition) is 0. The van der Waals surface area contributed by atoms with E-state index in [1.54, 1.807) is 0 Å². The van der Waals surface area contributed by atoms with E-state index in [-0.39, 0.29) is 0 Å². The monoisotopic (exact) mass is 129 g/mol. The van der Waals surface area contributed by atoms with Crippen LogP contribution in [0.5, 0.6) is 0 Å². The number of hydrogen-bond acceptors (Lipinski definition) is 2. The fraction of sp³-hybridized carbons (Fsp3) is 0.500. The van der Waals surface area contributed by atoms with E-state index in [0.29, 0.717) is 0 Å². The van der Waals surface area contributed by atoms with E-state index in [1.165, 1.54) is 11.9 Å². The van der Waals surface area contributed by atoms with E-state index in [2.05, 4.69) is 4.40 Å². The molecule has 8 heavy (non-hydrogen) atoms. The average molecular weight is 129 g/mol. The predicted molar refractivity (Wildman–Crippen MR) is 41.4 cm³/mol. The molecule has 0 fully saturated rings. The van der Waals surface area contributed by atoms with E-state index in [1.807, 2.05) is 32.3 Å². The molecule has 0 aliphatic heterocycles. The topological polar surface area (TPSA) is 12.4 Å². The third-order valence-corrected chi connectivity index (χ3v) is 1.11. The van der Waals surface area contributed by atoms with Crippen molar-refractivity contribution in [1.82, 2.24) is 0 Å². The van der Waals surface area contributed by atoms with E-state index < -0.39 is 0 Å². The maximum atomic E-state index is 4.06. The summed E-state index contributed by atoms with van der Waals surface area (Å²) in [5, 5.41) is 0. The second-order valence-electron chi connectivity index (χ2n) is 1.42. The summed E-state index contributed by atoms with van der Waals surface area (Å²) in [6.07, 6.45) is 5.92. The van der Waals surface area contributed by atoms with Gasteiger partial charge in [-0.25, -0.2) is 4.40 Å². The maximum absolute atomic E-state index is 4.06. The quantitative estimate of drug-likeness (QED) is 0.411. The fourth-order valence-corrected chi connectivity index (χ4v) is 0.764. The van der Waals surface area contributed by atoms with E-state index >= 15 is 0 Å². The minimum Gasteiger partial charge on any atom is -0.222 e. The summed E-state index contributed by atoms with van der Waals surface area (Å²) in [6.45, 7) is 3.97. The third-order valence-electron chi connectivity index (χ3n) is 0.643. The molecule has 0 aliphatic rings. The van der Waals surface area contributed by atoms with Crippen LogP contribution >= 0.6 is 11.9 Å².